The quantitative estimate of drug-likeness (QED) is 0.146. The van der Waals surface area contributed by atoms with Crippen LogP contribution in [0.3, 0.4) is 0 Å². The largest absolute Gasteiger partial charge is 0.496 e. The number of hydrogen-bond donors (Lipinski definition) is 2. The molecule has 0 atom stereocenters. The highest BCUT2D eigenvalue weighted by Gasteiger charge is 2.32. The molecular weight excluding hydrogens is 597 g/mol. The summed E-state index contributed by atoms with van der Waals surface area (Å²) < 4.78 is 33.9. The van der Waals surface area contributed by atoms with Crippen molar-refractivity contribution in [1.82, 2.24) is 5.32 Å². The first-order valence-electron chi connectivity index (χ1n) is 13.8. The van der Waals surface area contributed by atoms with Crippen molar-refractivity contribution in [3.63, 3.8) is 0 Å². The molecule has 0 saturated heterocycles. The zero-order valence-electron chi connectivity index (χ0n) is 26.1. The average molecular weight is 634 g/mol. The smallest absolute Gasteiger partial charge is 0.224 e. The van der Waals surface area contributed by atoms with Gasteiger partial charge in [0.1, 0.15) is 34.5 Å². The first-order chi connectivity index (χ1) is 21.8. The number of benzene rings is 3. The van der Waals surface area contributed by atoms with Crippen LogP contribution in [0.25, 0.3) is 0 Å². The van der Waals surface area contributed by atoms with Crippen LogP contribution in [0.5, 0.6) is 34.5 Å². The molecule has 0 aliphatic rings. The van der Waals surface area contributed by atoms with Gasteiger partial charge in [-0.15, -0.1) is 0 Å². The van der Waals surface area contributed by atoms with Gasteiger partial charge in [0, 0.05) is 54.4 Å². The Morgan fingerprint density at radius 3 is 1.64 bits per heavy atom. The van der Waals surface area contributed by atoms with Gasteiger partial charge in [-0.25, -0.2) is 0 Å². The topological polar surface area (TPSA) is 137 Å². The lowest BCUT2D eigenvalue weighted by molar-refractivity contribution is -0.119. The lowest BCUT2D eigenvalue weighted by atomic mass is 10.2. The standard InChI is InChI=1S/C33H36N3O8P/c1-39-24-17-26(41-3)32(27(18-24)42-4)45(33-28(43-5)19-25(40-2)20-29(33)44-6)21-31(38)35-16-8-10-30(37)36-23-13-11-22(12-14-23)9-7-15-34/h11-14,17-20H,8,10,16,21H2,1-6H3,(H,35,38)(H,36,37). The fourth-order valence-corrected chi connectivity index (χ4v) is 7.04. The van der Waals surface area contributed by atoms with Gasteiger partial charge in [-0.05, 0) is 38.6 Å². The van der Waals surface area contributed by atoms with Crippen molar-refractivity contribution in [2.45, 2.75) is 12.8 Å². The Morgan fingerprint density at radius 1 is 0.733 bits per heavy atom. The number of nitriles is 1. The van der Waals surface area contributed by atoms with Crippen molar-refractivity contribution < 1.29 is 38.0 Å². The first-order valence-corrected chi connectivity index (χ1v) is 15.3. The lowest BCUT2D eigenvalue weighted by Crippen LogP contribution is -2.31. The highest BCUT2D eigenvalue weighted by molar-refractivity contribution is 7.74. The molecule has 3 aromatic rings. The van der Waals surface area contributed by atoms with Gasteiger partial charge in [-0.1, -0.05) is 5.92 Å². The highest BCUT2D eigenvalue weighted by atomic mass is 31.1. The van der Waals surface area contributed by atoms with E-state index in [2.05, 4.69) is 22.5 Å². The third kappa shape index (κ3) is 9.18. The van der Waals surface area contributed by atoms with Gasteiger partial charge in [0.25, 0.3) is 0 Å². The second-order valence-electron chi connectivity index (χ2n) is 9.29. The van der Waals surface area contributed by atoms with E-state index in [9.17, 15) is 9.59 Å². The number of nitrogens with zero attached hydrogens (tertiary/aromatic N) is 1. The minimum Gasteiger partial charge on any atom is -0.496 e. The molecule has 3 rings (SSSR count). The summed E-state index contributed by atoms with van der Waals surface area (Å²) in [6.45, 7) is 0.284. The molecular formula is C33H36N3O8P. The molecule has 0 aliphatic heterocycles. The molecule has 3 aromatic carbocycles. The van der Waals surface area contributed by atoms with E-state index in [1.54, 1.807) is 68.8 Å². The van der Waals surface area contributed by atoms with E-state index in [4.69, 9.17) is 33.7 Å². The van der Waals surface area contributed by atoms with Crippen LogP contribution >= 0.6 is 7.92 Å². The van der Waals surface area contributed by atoms with Crippen LogP contribution in [0.2, 0.25) is 0 Å². The van der Waals surface area contributed by atoms with E-state index < -0.39 is 7.92 Å². The molecule has 0 bridgehead atoms. The van der Waals surface area contributed by atoms with Gasteiger partial charge in [-0.2, -0.15) is 5.26 Å². The second-order valence-corrected chi connectivity index (χ2v) is 11.4. The Kier molecular flexibility index (Phi) is 13.2. The number of carbonyl (C=O) groups is 2. The maximum Gasteiger partial charge on any atom is 0.224 e. The summed E-state index contributed by atoms with van der Waals surface area (Å²) in [6, 6.07) is 15.6. The molecule has 45 heavy (non-hydrogen) atoms. The fraction of sp³-hybridized carbons (Fsp3) is 0.303. The van der Waals surface area contributed by atoms with E-state index in [0.717, 1.165) is 0 Å². The number of ether oxygens (including phenoxy) is 6. The molecule has 236 valence electrons. The molecule has 11 nitrogen and oxygen atoms in total. The molecule has 0 saturated carbocycles. The molecule has 0 aliphatic carbocycles. The monoisotopic (exact) mass is 633 g/mol. The molecule has 0 fully saturated rings. The van der Waals surface area contributed by atoms with E-state index >= 15 is 0 Å². The SMILES string of the molecule is COc1cc(OC)c(P(CC(=O)NCCCC(=O)Nc2ccc(C#CC#N)cc2)c2c(OC)cc(OC)cc2OC)c(OC)c1. The van der Waals surface area contributed by atoms with Crippen molar-refractivity contribution in [3.8, 4) is 52.4 Å². The van der Waals surface area contributed by atoms with E-state index in [0.29, 0.717) is 62.8 Å². The molecule has 0 heterocycles. The summed E-state index contributed by atoms with van der Waals surface area (Å²) in [5.74, 6) is 7.57. The van der Waals surface area contributed by atoms with Gasteiger partial charge in [0.2, 0.25) is 11.8 Å². The number of methoxy groups -OCH3 is 6. The Bertz CT molecular complexity index is 1480. The molecule has 0 aromatic heterocycles. The molecule has 0 radical (unpaired) electrons. The summed E-state index contributed by atoms with van der Waals surface area (Å²) in [6.07, 6.45) is 0.664. The van der Waals surface area contributed by atoms with Crippen LogP contribution in [-0.2, 0) is 9.59 Å². The Labute approximate surface area is 264 Å². The molecule has 12 heteroatoms. The van der Waals surface area contributed by atoms with E-state index in [-0.39, 0.29) is 30.9 Å². The third-order valence-electron chi connectivity index (χ3n) is 6.55. The van der Waals surface area contributed by atoms with Gasteiger partial charge in [-0.3, -0.25) is 9.59 Å². The van der Waals surface area contributed by atoms with Gasteiger partial charge < -0.3 is 39.1 Å². The number of hydrogen-bond acceptors (Lipinski definition) is 9. The number of carbonyl (C=O) groups excluding carboxylic acids is 2. The maximum absolute atomic E-state index is 13.4. The minimum atomic E-state index is -1.53. The minimum absolute atomic E-state index is 0.0423. The summed E-state index contributed by atoms with van der Waals surface area (Å²) in [5.41, 5.74) is 1.29. The molecule has 0 unspecified atom stereocenters. The maximum atomic E-state index is 13.4. The summed E-state index contributed by atoms with van der Waals surface area (Å²) in [7, 11) is 7.71. The molecule has 2 amide bonds. The van der Waals surface area contributed by atoms with Crippen LogP contribution in [0.1, 0.15) is 18.4 Å². The van der Waals surface area contributed by atoms with Gasteiger partial charge >= 0.3 is 0 Å². The van der Waals surface area contributed by atoms with Crippen molar-refractivity contribution in [3.05, 3.63) is 54.1 Å². The Balaban J connectivity index is 1.81. The van der Waals surface area contributed by atoms with Crippen LogP contribution < -0.4 is 49.7 Å². The van der Waals surface area contributed by atoms with Crippen molar-refractivity contribution in [2.75, 3.05) is 60.7 Å². The normalized spacial score (nSPS) is 10.1. The highest BCUT2D eigenvalue weighted by Crippen LogP contribution is 2.48. The Morgan fingerprint density at radius 2 is 1.22 bits per heavy atom. The zero-order valence-corrected chi connectivity index (χ0v) is 27.0. The van der Waals surface area contributed by atoms with Gasteiger partial charge in [0.05, 0.1) is 59.4 Å². The van der Waals surface area contributed by atoms with Crippen molar-refractivity contribution >= 4 is 36.0 Å². The zero-order chi connectivity index (χ0) is 32.8. The Hall–Kier alpha value is -5.12. The van der Waals surface area contributed by atoms with Gasteiger partial charge in [0.15, 0.2) is 6.07 Å². The number of rotatable bonds is 15. The molecule has 0 spiro atoms. The van der Waals surface area contributed by atoms with E-state index in [1.807, 2.05) is 0 Å². The average Bonchev–Trinajstić information content (AvgIpc) is 3.07. The van der Waals surface area contributed by atoms with Crippen LogP contribution in [0.4, 0.5) is 5.69 Å². The van der Waals surface area contributed by atoms with Crippen LogP contribution in [0, 0.1) is 23.2 Å². The van der Waals surface area contributed by atoms with Crippen molar-refractivity contribution in [2.24, 2.45) is 0 Å². The van der Waals surface area contributed by atoms with Crippen LogP contribution in [0.15, 0.2) is 48.5 Å². The predicted molar refractivity (Wildman–Crippen MR) is 173 cm³/mol. The molecule has 2 N–H and O–H groups in total. The summed E-state index contributed by atoms with van der Waals surface area (Å²) >= 11 is 0. The summed E-state index contributed by atoms with van der Waals surface area (Å²) in [4.78, 5) is 25.9. The van der Waals surface area contributed by atoms with Crippen molar-refractivity contribution in [1.29, 1.82) is 5.26 Å². The number of amides is 2. The van der Waals surface area contributed by atoms with Crippen LogP contribution in [-0.4, -0.2) is 67.2 Å². The number of anilines is 1. The summed E-state index contributed by atoms with van der Waals surface area (Å²) in [5, 5.41) is 15.7. The fourth-order valence-electron chi connectivity index (χ4n) is 4.41. The van der Waals surface area contributed by atoms with E-state index in [1.165, 1.54) is 28.4 Å². The second kappa shape index (κ2) is 17.2. The number of nitrogens with one attached hydrogen (secondary N) is 2. The predicted octanol–water partition coefficient (Wildman–Crippen LogP) is 3.58. The first kappa shape index (κ1) is 34.4. The third-order valence-corrected chi connectivity index (χ3v) is 9.12. The lowest BCUT2D eigenvalue weighted by Gasteiger charge is -2.26.